The summed E-state index contributed by atoms with van der Waals surface area (Å²) in [6.07, 6.45) is 0.748. The number of anilines is 1. The lowest BCUT2D eigenvalue weighted by Gasteiger charge is -2.16. The van der Waals surface area contributed by atoms with Crippen LogP contribution in [-0.2, 0) is 14.1 Å². The van der Waals surface area contributed by atoms with Gasteiger partial charge in [0.25, 0.3) is 0 Å². The maximum absolute atomic E-state index is 14.9. The number of aromatic nitrogens is 4. The maximum atomic E-state index is 14.9. The topological polar surface area (TPSA) is 160 Å². The normalized spacial score (nSPS) is 27.5. The number of hydrogen-bond acceptors (Lipinski definition) is 8. The van der Waals surface area contributed by atoms with Crippen molar-refractivity contribution in [1.29, 1.82) is 0 Å². The smallest absolute Gasteiger partial charge is 0.350 e. The number of carbonyl (C=O) groups is 1. The minimum Gasteiger partial charge on any atom is -0.389 e. The summed E-state index contributed by atoms with van der Waals surface area (Å²) in [6, 6.07) is -1.23. The zero-order valence-electron chi connectivity index (χ0n) is 16.3. The number of alkyl halides is 1. The quantitative estimate of drug-likeness (QED) is 0.339. The molecule has 0 unspecified atom stereocenters. The first kappa shape index (κ1) is 22.5. The number of hydrogen-bond donors (Lipinski definition) is 4. The second kappa shape index (κ2) is 8.68. The highest BCUT2D eigenvalue weighted by Gasteiger charge is 2.51. The van der Waals surface area contributed by atoms with E-state index in [1.807, 2.05) is 0 Å². The Bertz CT molecular complexity index is 1030. The predicted octanol–water partition coefficient (Wildman–Crippen LogP) is 1.42. The molecular formula is C17H22ClFN5O6P. The summed E-state index contributed by atoms with van der Waals surface area (Å²) in [4.78, 5) is 43.1. The monoisotopic (exact) mass is 477 g/mol. The van der Waals surface area contributed by atoms with Gasteiger partial charge in [-0.15, -0.1) is 0 Å². The van der Waals surface area contributed by atoms with Gasteiger partial charge < -0.3 is 29.5 Å². The number of fused-ring (bicyclic) bond motifs is 1. The van der Waals surface area contributed by atoms with Gasteiger partial charge in [0.2, 0.25) is 5.28 Å². The molecule has 0 aromatic carbocycles. The van der Waals surface area contributed by atoms with Crippen LogP contribution in [0.25, 0.3) is 11.2 Å². The Morgan fingerprint density at radius 1 is 1.32 bits per heavy atom. The number of ketones is 1. The van der Waals surface area contributed by atoms with Gasteiger partial charge in [0, 0.05) is 6.04 Å². The zero-order chi connectivity index (χ0) is 22.3. The molecule has 4 rings (SSSR count). The van der Waals surface area contributed by atoms with Crippen LogP contribution in [0.15, 0.2) is 6.33 Å². The molecule has 0 bridgehead atoms. The molecule has 31 heavy (non-hydrogen) atoms. The highest BCUT2D eigenvalue weighted by Crippen LogP contribution is 2.39. The maximum Gasteiger partial charge on any atom is 0.350 e. The van der Waals surface area contributed by atoms with Crippen LogP contribution < -0.4 is 5.32 Å². The average molecular weight is 478 g/mol. The lowest BCUT2D eigenvalue weighted by Crippen LogP contribution is -2.28. The molecule has 14 heteroatoms. The molecule has 0 amide bonds. The van der Waals surface area contributed by atoms with Crippen molar-refractivity contribution < 1.29 is 33.4 Å². The fourth-order valence-corrected chi connectivity index (χ4v) is 4.69. The van der Waals surface area contributed by atoms with Crippen LogP contribution in [0.3, 0.4) is 0 Å². The van der Waals surface area contributed by atoms with E-state index in [-0.39, 0.29) is 17.0 Å². The standard InChI is InChI=1S/C17H22ClFN5O6P/c18-17-22-15(21-8-3-1-2-4-8)11-16(23-17)24(6-20-11)12-10(19)13(25)9(14(12)26)5-30-7-31(27,28)29/h6,8-10,12-13,25H,1-5,7H2,(H,21,22,23)(H2,27,28,29)/t9-,10+,12+,13-/m1/s1. The number of halogens is 2. The summed E-state index contributed by atoms with van der Waals surface area (Å²) >= 11 is 6.06. The average Bonchev–Trinajstić information content (AvgIpc) is 3.38. The van der Waals surface area contributed by atoms with E-state index in [9.17, 15) is 18.9 Å². The minimum absolute atomic E-state index is 0.0994. The van der Waals surface area contributed by atoms with E-state index in [2.05, 4.69) is 20.3 Å². The largest absolute Gasteiger partial charge is 0.389 e. The predicted molar refractivity (Wildman–Crippen MR) is 108 cm³/mol. The van der Waals surface area contributed by atoms with Gasteiger partial charge in [0.05, 0.1) is 25.0 Å². The van der Waals surface area contributed by atoms with Crippen LogP contribution in [0.4, 0.5) is 10.2 Å². The van der Waals surface area contributed by atoms with Crippen LogP contribution >= 0.6 is 19.2 Å². The van der Waals surface area contributed by atoms with Crippen molar-refractivity contribution in [2.24, 2.45) is 5.92 Å². The Balaban J connectivity index is 1.61. The summed E-state index contributed by atoms with van der Waals surface area (Å²) in [6.45, 7) is -0.529. The number of aliphatic hydroxyl groups excluding tert-OH is 1. The van der Waals surface area contributed by atoms with E-state index in [4.69, 9.17) is 26.1 Å². The number of rotatable bonds is 7. The summed E-state index contributed by atoms with van der Waals surface area (Å²) < 4.78 is 31.9. The molecule has 0 aliphatic heterocycles. The molecule has 2 aromatic rings. The van der Waals surface area contributed by atoms with Gasteiger partial charge in [-0.25, -0.2) is 9.37 Å². The third-order valence-corrected chi connectivity index (χ3v) is 6.33. The first-order valence-electron chi connectivity index (χ1n) is 9.80. The van der Waals surface area contributed by atoms with E-state index >= 15 is 0 Å². The molecular weight excluding hydrogens is 456 g/mol. The second-order valence-corrected chi connectivity index (χ2v) is 9.77. The fourth-order valence-electron chi connectivity index (χ4n) is 4.18. The second-order valence-electron chi connectivity index (χ2n) is 7.84. The van der Waals surface area contributed by atoms with Gasteiger partial charge >= 0.3 is 7.60 Å². The van der Waals surface area contributed by atoms with Gasteiger partial charge in [-0.3, -0.25) is 9.36 Å². The van der Waals surface area contributed by atoms with Gasteiger partial charge in [-0.2, -0.15) is 9.97 Å². The number of ether oxygens (including phenoxy) is 1. The van der Waals surface area contributed by atoms with Gasteiger partial charge in [-0.1, -0.05) is 12.8 Å². The molecule has 2 saturated carbocycles. The van der Waals surface area contributed by atoms with Crippen LogP contribution in [0, 0.1) is 5.92 Å². The lowest BCUT2D eigenvalue weighted by atomic mass is 10.1. The van der Waals surface area contributed by atoms with Gasteiger partial charge in [0.15, 0.2) is 28.9 Å². The molecule has 0 radical (unpaired) electrons. The molecule has 4 N–H and O–H groups in total. The Labute approximate surface area is 181 Å². The Kier molecular flexibility index (Phi) is 6.30. The van der Waals surface area contributed by atoms with Crippen LogP contribution in [0.5, 0.6) is 0 Å². The number of aliphatic hydroxyl groups is 1. The van der Waals surface area contributed by atoms with Crippen molar-refractivity contribution >= 4 is 42.0 Å². The molecule has 0 spiro atoms. The number of carbonyl (C=O) groups excluding carboxylic acids is 1. The van der Waals surface area contributed by atoms with Crippen molar-refractivity contribution in [3.8, 4) is 0 Å². The first-order valence-corrected chi connectivity index (χ1v) is 12.0. The van der Waals surface area contributed by atoms with E-state index in [1.165, 1.54) is 10.9 Å². The SMILES string of the molecule is O=C1[C@@H](n2cnc3c(NC4CCCC4)nc(Cl)nc32)[C@H](F)[C@H](O)[C@H]1COCP(=O)(O)O. The van der Waals surface area contributed by atoms with Crippen LogP contribution in [0.2, 0.25) is 5.28 Å². The van der Waals surface area contributed by atoms with Gasteiger partial charge in [0.1, 0.15) is 12.4 Å². The molecule has 4 atom stereocenters. The minimum atomic E-state index is -4.46. The fraction of sp³-hybridized carbons (Fsp3) is 0.647. The molecule has 2 aliphatic carbocycles. The molecule has 2 fully saturated rings. The number of nitrogens with zero attached hydrogens (tertiary/aromatic N) is 4. The highest BCUT2D eigenvalue weighted by atomic mass is 35.5. The van der Waals surface area contributed by atoms with E-state index in [0.29, 0.717) is 11.3 Å². The van der Waals surface area contributed by atoms with Crippen molar-refractivity contribution in [2.45, 2.75) is 50.0 Å². The number of nitrogens with one attached hydrogen (secondary N) is 1. The summed E-state index contributed by atoms with van der Waals surface area (Å²) in [5.41, 5.74) is 0.470. The molecule has 2 aromatic heterocycles. The summed E-state index contributed by atoms with van der Waals surface area (Å²) in [5, 5.41) is 13.4. The van der Waals surface area contributed by atoms with Crippen molar-refractivity contribution in [3.05, 3.63) is 11.6 Å². The summed E-state index contributed by atoms with van der Waals surface area (Å²) in [7, 11) is -4.46. The Morgan fingerprint density at radius 3 is 2.71 bits per heavy atom. The van der Waals surface area contributed by atoms with Crippen LogP contribution in [0.1, 0.15) is 31.7 Å². The third kappa shape index (κ3) is 4.59. The molecule has 2 heterocycles. The van der Waals surface area contributed by atoms with E-state index < -0.39 is 50.6 Å². The Morgan fingerprint density at radius 2 is 2.03 bits per heavy atom. The number of Topliss-reactive ketones (excluding diaryl/α,β-unsaturated/α-hetero) is 1. The van der Waals surface area contributed by atoms with Crippen molar-refractivity contribution in [3.63, 3.8) is 0 Å². The van der Waals surface area contributed by atoms with Crippen molar-refractivity contribution in [1.82, 2.24) is 19.5 Å². The summed E-state index contributed by atoms with van der Waals surface area (Å²) in [5.74, 6) is -1.59. The molecule has 11 nitrogen and oxygen atoms in total. The molecule has 170 valence electrons. The zero-order valence-corrected chi connectivity index (χ0v) is 17.9. The lowest BCUT2D eigenvalue weighted by molar-refractivity contribution is -0.126. The highest BCUT2D eigenvalue weighted by molar-refractivity contribution is 7.51. The molecule has 2 aliphatic rings. The Hall–Kier alpha value is -1.69. The molecule has 0 saturated heterocycles. The van der Waals surface area contributed by atoms with E-state index in [1.54, 1.807) is 0 Å². The van der Waals surface area contributed by atoms with Gasteiger partial charge in [-0.05, 0) is 24.4 Å². The van der Waals surface area contributed by atoms with Crippen LogP contribution in [-0.4, -0.2) is 71.5 Å². The third-order valence-electron chi connectivity index (χ3n) is 5.64. The first-order chi connectivity index (χ1) is 14.7. The van der Waals surface area contributed by atoms with E-state index in [0.717, 1.165) is 25.7 Å². The number of imidazole rings is 1. The van der Waals surface area contributed by atoms with Crippen molar-refractivity contribution in [2.75, 3.05) is 18.3 Å².